The Hall–Kier alpha value is -0.805. The van der Waals surface area contributed by atoms with Gasteiger partial charge in [-0.15, -0.1) is 0 Å². The molecule has 0 unspecified atom stereocenters. The highest BCUT2D eigenvalue weighted by atomic mass is 16.6. The molecule has 0 saturated carbocycles. The first-order valence-electron chi connectivity index (χ1n) is 4.56. The monoisotopic (exact) mass is 200 g/mol. The van der Waals surface area contributed by atoms with Crippen molar-refractivity contribution in [1.82, 2.24) is 0 Å². The van der Waals surface area contributed by atoms with Crippen LogP contribution in [0.4, 0.5) is 0 Å². The molecule has 0 atom stereocenters. The Balaban J connectivity index is 3.66. The van der Waals surface area contributed by atoms with Crippen molar-refractivity contribution in [3.63, 3.8) is 0 Å². The lowest BCUT2D eigenvalue weighted by atomic mass is 9.91. The maximum atomic E-state index is 11.1. The SMILES string of the molecule is CC(C)(C)OC(=O)CC/C=C/B(O)O. The summed E-state index contributed by atoms with van der Waals surface area (Å²) in [5.74, 6) is 0.930. The summed E-state index contributed by atoms with van der Waals surface area (Å²) in [4.78, 5) is 11.1. The zero-order chi connectivity index (χ0) is 11.2. The van der Waals surface area contributed by atoms with Crippen LogP contribution in [-0.4, -0.2) is 28.7 Å². The van der Waals surface area contributed by atoms with Gasteiger partial charge in [0.25, 0.3) is 0 Å². The van der Waals surface area contributed by atoms with Gasteiger partial charge >= 0.3 is 13.1 Å². The summed E-state index contributed by atoms with van der Waals surface area (Å²) in [5.41, 5.74) is -0.461. The Morgan fingerprint density at radius 3 is 2.43 bits per heavy atom. The molecule has 0 amide bonds. The van der Waals surface area contributed by atoms with Crippen LogP contribution in [0.2, 0.25) is 0 Å². The van der Waals surface area contributed by atoms with E-state index in [0.29, 0.717) is 6.42 Å². The highest BCUT2D eigenvalue weighted by Gasteiger charge is 2.15. The molecule has 0 fully saturated rings. The average Bonchev–Trinajstić information content (AvgIpc) is 1.94. The Kier molecular flexibility index (Phi) is 5.49. The maximum absolute atomic E-state index is 11.1. The number of hydrogen-bond acceptors (Lipinski definition) is 4. The standard InChI is InChI=1S/C9H17BO4/c1-9(2,3)14-8(11)6-4-5-7-10(12)13/h5,7,12-13H,4,6H2,1-3H3/b7-5+. The van der Waals surface area contributed by atoms with E-state index in [1.54, 1.807) is 20.8 Å². The quantitative estimate of drug-likeness (QED) is 0.517. The zero-order valence-corrected chi connectivity index (χ0v) is 8.86. The molecule has 0 spiro atoms. The van der Waals surface area contributed by atoms with Gasteiger partial charge in [0.15, 0.2) is 0 Å². The third-order valence-corrected chi connectivity index (χ3v) is 1.24. The molecule has 0 aliphatic carbocycles. The molecule has 80 valence electrons. The van der Waals surface area contributed by atoms with Crippen molar-refractivity contribution in [1.29, 1.82) is 0 Å². The van der Waals surface area contributed by atoms with Crippen molar-refractivity contribution in [3.05, 3.63) is 12.1 Å². The molecule has 0 aromatic heterocycles. The first-order valence-corrected chi connectivity index (χ1v) is 4.56. The number of hydrogen-bond donors (Lipinski definition) is 2. The molecule has 2 N–H and O–H groups in total. The van der Waals surface area contributed by atoms with Gasteiger partial charge in [0, 0.05) is 6.42 Å². The van der Waals surface area contributed by atoms with Crippen LogP contribution in [0.5, 0.6) is 0 Å². The first-order chi connectivity index (χ1) is 6.31. The van der Waals surface area contributed by atoms with E-state index in [2.05, 4.69) is 0 Å². The fourth-order valence-corrected chi connectivity index (χ4v) is 0.812. The summed E-state index contributed by atoms with van der Waals surface area (Å²) in [6.07, 6.45) is 2.24. The Morgan fingerprint density at radius 2 is 2.00 bits per heavy atom. The smallest absolute Gasteiger partial charge is 0.460 e. The van der Waals surface area contributed by atoms with E-state index in [9.17, 15) is 4.79 Å². The van der Waals surface area contributed by atoms with Gasteiger partial charge < -0.3 is 14.8 Å². The van der Waals surface area contributed by atoms with Gasteiger partial charge in [0.2, 0.25) is 0 Å². The van der Waals surface area contributed by atoms with Gasteiger partial charge in [0.1, 0.15) is 5.60 Å². The van der Waals surface area contributed by atoms with Crippen LogP contribution in [-0.2, 0) is 9.53 Å². The summed E-state index contributed by atoms with van der Waals surface area (Å²) in [6.45, 7) is 5.41. The number of ether oxygens (including phenoxy) is 1. The molecule has 0 aromatic rings. The summed E-state index contributed by atoms with van der Waals surface area (Å²) in [6, 6.07) is 0. The van der Waals surface area contributed by atoms with Crippen molar-refractivity contribution in [3.8, 4) is 0 Å². The lowest BCUT2D eigenvalue weighted by Crippen LogP contribution is -2.23. The van der Waals surface area contributed by atoms with Crippen molar-refractivity contribution in [2.75, 3.05) is 0 Å². The van der Waals surface area contributed by atoms with E-state index in [0.717, 1.165) is 0 Å². The second-order valence-electron chi connectivity index (χ2n) is 3.97. The molecule has 0 aromatic carbocycles. The van der Waals surface area contributed by atoms with Gasteiger partial charge in [-0.25, -0.2) is 0 Å². The van der Waals surface area contributed by atoms with Gasteiger partial charge in [-0.3, -0.25) is 4.79 Å². The Labute approximate surface area is 84.7 Å². The minimum Gasteiger partial charge on any atom is -0.460 e. The van der Waals surface area contributed by atoms with Crippen LogP contribution in [0.15, 0.2) is 12.1 Å². The van der Waals surface area contributed by atoms with Crippen LogP contribution in [0.25, 0.3) is 0 Å². The summed E-state index contributed by atoms with van der Waals surface area (Å²) < 4.78 is 5.05. The fourth-order valence-electron chi connectivity index (χ4n) is 0.812. The molecule has 0 saturated heterocycles. The van der Waals surface area contributed by atoms with Gasteiger partial charge in [0.05, 0.1) is 0 Å². The van der Waals surface area contributed by atoms with Crippen LogP contribution >= 0.6 is 0 Å². The Morgan fingerprint density at radius 1 is 1.43 bits per heavy atom. The predicted octanol–water partition coefficient (Wildman–Crippen LogP) is 0.676. The third-order valence-electron chi connectivity index (χ3n) is 1.24. The van der Waals surface area contributed by atoms with Crippen LogP contribution in [0.1, 0.15) is 33.6 Å². The molecule has 0 aliphatic heterocycles. The molecular formula is C9H17BO4. The van der Waals surface area contributed by atoms with Crippen molar-refractivity contribution >= 4 is 13.1 Å². The van der Waals surface area contributed by atoms with Gasteiger partial charge in [-0.05, 0) is 27.2 Å². The predicted molar refractivity (Wildman–Crippen MR) is 54.4 cm³/mol. The highest BCUT2D eigenvalue weighted by Crippen LogP contribution is 2.09. The second-order valence-corrected chi connectivity index (χ2v) is 3.97. The van der Waals surface area contributed by atoms with Crippen LogP contribution in [0, 0.1) is 0 Å². The van der Waals surface area contributed by atoms with E-state index in [4.69, 9.17) is 14.8 Å². The summed E-state index contributed by atoms with van der Waals surface area (Å²) in [7, 11) is -1.45. The minimum atomic E-state index is -1.45. The molecule has 14 heavy (non-hydrogen) atoms. The molecule has 5 heteroatoms. The lowest BCUT2D eigenvalue weighted by Gasteiger charge is -2.19. The number of esters is 1. The van der Waals surface area contributed by atoms with Gasteiger partial charge in [-0.2, -0.15) is 0 Å². The Bertz CT molecular complexity index is 205. The molecular weight excluding hydrogens is 183 g/mol. The van der Waals surface area contributed by atoms with E-state index < -0.39 is 12.7 Å². The van der Waals surface area contributed by atoms with Crippen LogP contribution < -0.4 is 0 Å². The largest absolute Gasteiger partial charge is 0.480 e. The minimum absolute atomic E-state index is 0.250. The number of rotatable bonds is 4. The van der Waals surface area contributed by atoms with Crippen molar-refractivity contribution in [2.45, 2.75) is 39.2 Å². The zero-order valence-electron chi connectivity index (χ0n) is 8.86. The fraction of sp³-hybridized carbons (Fsp3) is 0.667. The lowest BCUT2D eigenvalue weighted by molar-refractivity contribution is -0.154. The number of allylic oxidation sites excluding steroid dienone is 1. The third kappa shape index (κ3) is 9.28. The maximum Gasteiger partial charge on any atom is 0.480 e. The first kappa shape index (κ1) is 13.2. The molecule has 0 heterocycles. The van der Waals surface area contributed by atoms with E-state index in [1.807, 2.05) is 0 Å². The second kappa shape index (κ2) is 5.83. The summed E-state index contributed by atoms with van der Waals surface area (Å²) >= 11 is 0. The van der Waals surface area contributed by atoms with E-state index >= 15 is 0 Å². The van der Waals surface area contributed by atoms with E-state index in [1.165, 1.54) is 12.1 Å². The van der Waals surface area contributed by atoms with Crippen LogP contribution in [0.3, 0.4) is 0 Å². The molecule has 0 radical (unpaired) electrons. The summed E-state index contributed by atoms with van der Waals surface area (Å²) in [5, 5.41) is 16.9. The van der Waals surface area contributed by atoms with E-state index in [-0.39, 0.29) is 12.4 Å². The highest BCUT2D eigenvalue weighted by molar-refractivity contribution is 6.47. The van der Waals surface area contributed by atoms with Crippen molar-refractivity contribution in [2.24, 2.45) is 0 Å². The average molecular weight is 200 g/mol. The molecule has 0 aliphatic rings. The normalized spacial score (nSPS) is 11.8. The molecule has 0 bridgehead atoms. The number of carbonyl (C=O) groups is 1. The topological polar surface area (TPSA) is 66.8 Å². The molecule has 0 rings (SSSR count). The van der Waals surface area contributed by atoms with Gasteiger partial charge in [-0.1, -0.05) is 12.1 Å². The number of carbonyl (C=O) groups excluding carboxylic acids is 1. The van der Waals surface area contributed by atoms with Crippen molar-refractivity contribution < 1.29 is 19.6 Å². The molecule has 4 nitrogen and oxygen atoms in total.